The third-order valence-electron chi connectivity index (χ3n) is 18.3. The maximum atomic E-state index is 14.1. The molecule has 4 aliphatic rings. The molecule has 4 N–H and O–H groups in total. The molecule has 514 valence electrons. The summed E-state index contributed by atoms with van der Waals surface area (Å²) < 4.78 is 75.8. The highest BCUT2D eigenvalue weighted by atomic mass is 35.5. The van der Waals surface area contributed by atoms with Crippen LogP contribution in [0.25, 0.3) is 88.1 Å². The van der Waals surface area contributed by atoms with E-state index in [0.29, 0.717) is 146 Å². The number of nitrogens with one attached hydrogen (secondary N) is 4. The van der Waals surface area contributed by atoms with Crippen molar-refractivity contribution >= 4 is 114 Å². The second-order valence-electron chi connectivity index (χ2n) is 24.9. The number of amides is 4. The van der Waals surface area contributed by atoms with E-state index in [1.807, 2.05) is 56.2 Å². The topological polar surface area (TPSA) is 231 Å². The lowest BCUT2D eigenvalue weighted by atomic mass is 9.98. The number of aryl methyl sites for hydroxylation is 5. The summed E-state index contributed by atoms with van der Waals surface area (Å²) in [5.41, 5.74) is 12.1. The monoisotopic (exact) mass is 1460 g/mol. The van der Waals surface area contributed by atoms with Gasteiger partial charge in [-0.3, -0.25) is 19.2 Å². The number of benzene rings is 8. The highest BCUT2D eigenvalue weighted by molar-refractivity contribution is 6.42. The van der Waals surface area contributed by atoms with Gasteiger partial charge in [0, 0.05) is 96.2 Å². The minimum atomic E-state index is -4.60. The van der Waals surface area contributed by atoms with Crippen LogP contribution in [0.5, 0.6) is 0 Å². The van der Waals surface area contributed by atoms with E-state index in [1.54, 1.807) is 84.3 Å². The Labute approximate surface area is 605 Å². The average molecular weight is 1460 g/mol. The lowest BCUT2D eigenvalue weighted by Crippen LogP contribution is -2.22. The number of nitriles is 4. The van der Waals surface area contributed by atoms with Gasteiger partial charge in [0.15, 0.2) is 0 Å². The van der Waals surface area contributed by atoms with Crippen LogP contribution in [-0.4, -0.2) is 68.1 Å². The summed E-state index contributed by atoms with van der Waals surface area (Å²) in [5, 5.41) is 52.6. The van der Waals surface area contributed by atoms with Gasteiger partial charge in [-0.25, -0.2) is 8.78 Å². The van der Waals surface area contributed by atoms with Crippen molar-refractivity contribution in [3.63, 3.8) is 0 Å². The molecule has 12 aromatic rings. The first kappa shape index (κ1) is 70.0. The van der Waals surface area contributed by atoms with Gasteiger partial charge in [0.05, 0.1) is 94.3 Å². The van der Waals surface area contributed by atoms with Crippen LogP contribution in [-0.2, 0) is 32.4 Å². The second kappa shape index (κ2) is 28.9. The van der Waals surface area contributed by atoms with Crippen LogP contribution < -0.4 is 21.3 Å². The number of aromatic nitrogens is 4. The molecule has 4 aliphatic heterocycles. The Balaban J connectivity index is 0.000000122. The Morgan fingerprint density at radius 1 is 0.369 bits per heavy atom. The molecule has 4 amide bonds. The summed E-state index contributed by atoms with van der Waals surface area (Å²) in [6.07, 6.45) is -1.43. The third-order valence-corrected chi connectivity index (χ3v) is 19.7. The van der Waals surface area contributed by atoms with Gasteiger partial charge in [-0.05, 0) is 176 Å². The van der Waals surface area contributed by atoms with E-state index in [2.05, 4.69) is 39.5 Å². The molecule has 0 atom stereocenters. The van der Waals surface area contributed by atoms with Crippen molar-refractivity contribution in [1.29, 1.82) is 21.0 Å². The summed E-state index contributed by atoms with van der Waals surface area (Å²) in [6, 6.07) is 48.2. The smallest absolute Gasteiger partial charge is 0.351 e. The van der Waals surface area contributed by atoms with Crippen molar-refractivity contribution in [3.05, 3.63) is 233 Å². The number of nitrogens with zero attached hydrogens (tertiary/aromatic N) is 8. The second-order valence-corrected chi connectivity index (χ2v) is 26.5. The number of hydrogen-bond acceptors (Lipinski definition) is 8. The molecule has 0 unspecified atom stereocenters. The van der Waals surface area contributed by atoms with E-state index in [0.717, 1.165) is 81.3 Å². The molecular formula is C78H55Cl4F5N12O4. The van der Waals surface area contributed by atoms with Gasteiger partial charge in [0.2, 0.25) is 0 Å². The number of hydrogen-bond donors (Lipinski definition) is 4. The molecule has 0 bridgehead atoms. The van der Waals surface area contributed by atoms with Gasteiger partial charge in [-0.1, -0.05) is 76.7 Å². The van der Waals surface area contributed by atoms with Gasteiger partial charge < -0.3 is 39.5 Å². The average Bonchev–Trinajstić information content (AvgIpc) is 1.65. The van der Waals surface area contributed by atoms with Crippen molar-refractivity contribution in [1.82, 2.24) is 39.5 Å². The van der Waals surface area contributed by atoms with Gasteiger partial charge >= 0.3 is 6.18 Å². The van der Waals surface area contributed by atoms with Crippen molar-refractivity contribution in [2.24, 2.45) is 0 Å². The van der Waals surface area contributed by atoms with Crippen LogP contribution in [0, 0.1) is 63.9 Å². The molecule has 0 spiro atoms. The van der Waals surface area contributed by atoms with E-state index in [4.69, 9.17) is 46.4 Å². The fraction of sp³-hybridized carbons (Fsp3) is 0.179. The largest absolute Gasteiger partial charge is 0.417 e. The van der Waals surface area contributed by atoms with Crippen LogP contribution in [0.15, 0.2) is 146 Å². The van der Waals surface area contributed by atoms with E-state index in [-0.39, 0.29) is 40.0 Å². The van der Waals surface area contributed by atoms with Crippen molar-refractivity contribution in [2.45, 2.75) is 65.0 Å². The summed E-state index contributed by atoms with van der Waals surface area (Å²) in [4.78, 5) is 49.3. The van der Waals surface area contributed by atoms with Gasteiger partial charge in [0.1, 0.15) is 34.4 Å². The molecule has 16 nitrogen and oxygen atoms in total. The van der Waals surface area contributed by atoms with Crippen LogP contribution in [0.4, 0.5) is 22.0 Å². The Bertz CT molecular complexity index is 5340. The number of rotatable bonds is 4. The quantitative estimate of drug-likeness (QED) is 0.124. The Kier molecular flexibility index (Phi) is 19.6. The lowest BCUT2D eigenvalue weighted by molar-refractivity contribution is -0.137. The zero-order valence-electron chi connectivity index (χ0n) is 54.5. The highest BCUT2D eigenvalue weighted by Gasteiger charge is 2.34. The zero-order chi connectivity index (χ0) is 72.7. The third kappa shape index (κ3) is 13.8. The van der Waals surface area contributed by atoms with E-state index in [1.165, 1.54) is 30.3 Å². The summed E-state index contributed by atoms with van der Waals surface area (Å²) >= 11 is 23.8. The molecule has 8 aromatic carbocycles. The minimum absolute atomic E-state index is 0.0461. The van der Waals surface area contributed by atoms with Gasteiger partial charge in [-0.15, -0.1) is 0 Å². The van der Waals surface area contributed by atoms with Crippen LogP contribution in [0.3, 0.4) is 0 Å². The molecule has 0 fully saturated rings. The summed E-state index contributed by atoms with van der Waals surface area (Å²) in [7, 11) is 0. The fourth-order valence-corrected chi connectivity index (χ4v) is 14.2. The first-order chi connectivity index (χ1) is 49.5. The Hall–Kier alpha value is -11.4. The van der Waals surface area contributed by atoms with Gasteiger partial charge in [-0.2, -0.15) is 34.2 Å². The van der Waals surface area contributed by atoms with Crippen LogP contribution in [0.2, 0.25) is 20.1 Å². The molecule has 4 aromatic heterocycles. The first-order valence-corrected chi connectivity index (χ1v) is 34.0. The first-order valence-electron chi connectivity index (χ1n) is 32.5. The van der Waals surface area contributed by atoms with E-state index in [9.17, 15) is 62.2 Å². The molecule has 103 heavy (non-hydrogen) atoms. The van der Waals surface area contributed by atoms with Crippen LogP contribution >= 0.6 is 46.4 Å². The number of halogens is 9. The SMILES string of the molecule is Cc1ccc(-c2cc(C#N)cc3cc4n(c23)CCCNC4=O)cc1F.N#Cc1cc(-c2ccc(Cl)c(C(F)(F)F)c2)c2c(c1)cc1n2CCCNC1=O.N#Cc1cc(-c2ccc(Cl)c(Cl)c2)c2c(c1)cc1n2CCCNC1=O.N#Cc1cc(-c2ccc(Cl)c(F)c2)c2c(c1)cc1n2CCCNC1=O. The van der Waals surface area contributed by atoms with Crippen LogP contribution in [0.1, 0.15) is 101 Å². The number of carbonyl (C=O) groups is 4. The molecule has 16 rings (SSSR count). The number of fused-ring (bicyclic) bond motifs is 12. The molecule has 8 heterocycles. The molecule has 0 aliphatic carbocycles. The Morgan fingerprint density at radius 3 is 0.981 bits per heavy atom. The lowest BCUT2D eigenvalue weighted by Gasteiger charge is -2.14. The van der Waals surface area contributed by atoms with Crippen molar-refractivity contribution in [2.75, 3.05) is 26.2 Å². The summed E-state index contributed by atoms with van der Waals surface area (Å²) in [5.74, 6) is -1.39. The molecular weight excluding hydrogens is 1410 g/mol. The Morgan fingerprint density at radius 2 is 0.670 bits per heavy atom. The molecule has 0 saturated heterocycles. The highest BCUT2D eigenvalue weighted by Crippen LogP contribution is 2.42. The number of carbonyl (C=O) groups excluding carboxylic acids is 4. The van der Waals surface area contributed by atoms with E-state index >= 15 is 0 Å². The maximum Gasteiger partial charge on any atom is 0.417 e. The number of alkyl halides is 3. The molecule has 0 radical (unpaired) electrons. The predicted octanol–water partition coefficient (Wildman–Crippen LogP) is 17.5. The zero-order valence-corrected chi connectivity index (χ0v) is 57.5. The molecule has 0 saturated carbocycles. The fourth-order valence-electron chi connectivity index (χ4n) is 13.6. The summed E-state index contributed by atoms with van der Waals surface area (Å²) in [6.45, 7) is 6.78. The minimum Gasteiger partial charge on any atom is -0.351 e. The standard InChI is InChI=1S/C20H13ClF3N3O.C20H16FN3O.C19H13Cl2N3O.C19H13ClFN3O/c21-16-3-2-12(8-15(16)20(22,23)24)14-7-11(10-25)6-13-9-17-19(28)26-4-1-5-27(17)18(13)14;1-12-3-4-14(9-17(12)21)16-8-13(11-22)7-15-10-18-20(25)23-5-2-6-24(18)19(15)16;2*20-15-3-2-12(8-16(15)21)14-7-11(10-22)6-13-9-17-19(25)23-4-1-5-24(17)18(13)14/h2-3,6-9H,1,4-5H2,(H,26,28);3-4,7-10H,2,5-6H2,1H3,(H,23,25);2*2-3,6-9H,1,4-5H2,(H,23,25). The normalized spacial score (nSPS) is 14.0. The predicted molar refractivity (Wildman–Crippen MR) is 386 cm³/mol. The van der Waals surface area contributed by atoms with Crippen molar-refractivity contribution < 1.29 is 41.1 Å². The van der Waals surface area contributed by atoms with E-state index < -0.39 is 22.6 Å². The van der Waals surface area contributed by atoms with Crippen molar-refractivity contribution in [3.8, 4) is 68.8 Å². The maximum absolute atomic E-state index is 14.1. The van der Waals surface area contributed by atoms with Gasteiger partial charge in [0.25, 0.3) is 23.6 Å². The molecule has 25 heteroatoms.